The average molecular weight is 637 g/mol. The van der Waals surface area contributed by atoms with Crippen LogP contribution in [0.5, 0.6) is 0 Å². The monoisotopic (exact) mass is 636 g/mol. The zero-order valence-electron chi connectivity index (χ0n) is 26.6. The molecule has 0 radical (unpaired) electrons. The number of methoxy groups -OCH3 is 3. The van der Waals surface area contributed by atoms with Crippen LogP contribution < -0.4 is 0 Å². The number of rotatable bonds is 13. The lowest BCUT2D eigenvalue weighted by Crippen LogP contribution is -2.69. The number of fused-ring (bicyclic) bond motifs is 1. The van der Waals surface area contributed by atoms with Gasteiger partial charge in [0.2, 0.25) is 0 Å². The fourth-order valence-electron chi connectivity index (χ4n) is 6.34. The topological polar surface area (TPSA) is 92.3 Å². The van der Waals surface area contributed by atoms with E-state index in [4.69, 9.17) is 47.4 Å². The van der Waals surface area contributed by atoms with Gasteiger partial charge in [0.05, 0.1) is 45.6 Å². The highest BCUT2D eigenvalue weighted by atomic mass is 16.9. The van der Waals surface area contributed by atoms with Crippen LogP contribution in [0.25, 0.3) is 0 Å². The zero-order valence-corrected chi connectivity index (χ0v) is 26.6. The van der Waals surface area contributed by atoms with Crippen molar-refractivity contribution in [2.45, 2.75) is 81.2 Å². The molecule has 0 N–H and O–H groups in total. The van der Waals surface area contributed by atoms with Gasteiger partial charge >= 0.3 is 0 Å². The van der Waals surface area contributed by atoms with E-state index in [0.29, 0.717) is 19.8 Å². The van der Waals surface area contributed by atoms with Gasteiger partial charge in [0.1, 0.15) is 36.6 Å². The van der Waals surface area contributed by atoms with Crippen molar-refractivity contribution >= 4 is 0 Å². The molecule has 3 aromatic rings. The predicted molar refractivity (Wildman–Crippen MR) is 166 cm³/mol. The fourth-order valence-corrected chi connectivity index (χ4v) is 6.34. The van der Waals surface area contributed by atoms with Gasteiger partial charge in [0.15, 0.2) is 6.29 Å². The second-order valence-electron chi connectivity index (χ2n) is 11.7. The Morgan fingerprint density at radius 2 is 1.24 bits per heavy atom. The van der Waals surface area contributed by atoms with Gasteiger partial charge in [-0.15, -0.1) is 0 Å². The first-order valence-electron chi connectivity index (χ1n) is 15.8. The Morgan fingerprint density at radius 3 is 1.83 bits per heavy atom. The zero-order chi connectivity index (χ0) is 31.8. The van der Waals surface area contributed by atoms with Crippen LogP contribution in [0, 0.1) is 0 Å². The quantitative estimate of drug-likeness (QED) is 0.265. The Hall–Kier alpha value is -2.74. The number of benzene rings is 3. The Labute approximate surface area is 270 Å². The van der Waals surface area contributed by atoms with Crippen LogP contribution in [-0.2, 0) is 67.2 Å². The Balaban J connectivity index is 1.26. The second kappa shape index (κ2) is 15.9. The largest absolute Gasteiger partial charge is 0.376 e. The van der Waals surface area contributed by atoms with Crippen molar-refractivity contribution in [3.05, 3.63) is 108 Å². The van der Waals surface area contributed by atoms with E-state index >= 15 is 0 Å². The molecule has 10 heteroatoms. The lowest BCUT2D eigenvalue weighted by atomic mass is 9.95. The molecule has 3 aliphatic heterocycles. The van der Waals surface area contributed by atoms with E-state index in [0.717, 1.165) is 16.7 Å². The maximum Gasteiger partial charge on any atom is 0.286 e. The van der Waals surface area contributed by atoms with E-state index in [1.807, 2.05) is 91.0 Å². The summed E-state index contributed by atoms with van der Waals surface area (Å²) in [6.07, 6.45) is -3.96. The minimum Gasteiger partial charge on any atom is -0.376 e. The van der Waals surface area contributed by atoms with Crippen LogP contribution in [0.4, 0.5) is 0 Å². The third-order valence-electron chi connectivity index (χ3n) is 8.65. The Morgan fingerprint density at radius 1 is 0.652 bits per heavy atom. The summed E-state index contributed by atoms with van der Waals surface area (Å²) in [5.74, 6) is -1.46. The van der Waals surface area contributed by atoms with E-state index < -0.39 is 55.0 Å². The summed E-state index contributed by atoms with van der Waals surface area (Å²) < 4.78 is 62.7. The van der Waals surface area contributed by atoms with Crippen molar-refractivity contribution in [1.82, 2.24) is 0 Å². The van der Waals surface area contributed by atoms with Gasteiger partial charge in [0.25, 0.3) is 5.97 Å². The van der Waals surface area contributed by atoms with Gasteiger partial charge in [-0.1, -0.05) is 91.0 Å². The van der Waals surface area contributed by atoms with Crippen molar-refractivity contribution in [1.29, 1.82) is 0 Å². The molecule has 3 heterocycles. The summed E-state index contributed by atoms with van der Waals surface area (Å²) in [6.45, 7) is 1.58. The standard InChI is InChI=1S/C36H44O10/c1-37-33-32-29(44-35(39-3)34(33)38-2)24-43-36(46-32)19-28(41-21-26-15-9-5-10-16-26)31(42-22-27-17-11-6-12-18-27)30(45-36)23-40-20-25-13-7-4-8-14-25/h4-18,28-35H,19-24H2,1-3H3/t28-,29-,30-,31+,32-,33+,34-,35+,36+/m1/s1. The smallest absolute Gasteiger partial charge is 0.286 e. The first-order chi connectivity index (χ1) is 22.6. The minimum absolute atomic E-state index is 0.194. The molecule has 248 valence electrons. The van der Waals surface area contributed by atoms with Crippen molar-refractivity contribution < 1.29 is 47.4 Å². The lowest BCUT2D eigenvalue weighted by Gasteiger charge is -2.54. The normalized spacial score (nSPS) is 32.7. The molecule has 0 amide bonds. The Kier molecular flexibility index (Phi) is 11.5. The van der Waals surface area contributed by atoms with Crippen LogP contribution in [0.1, 0.15) is 23.1 Å². The van der Waals surface area contributed by atoms with Gasteiger partial charge in [-0.25, -0.2) is 0 Å². The summed E-state index contributed by atoms with van der Waals surface area (Å²) in [6, 6.07) is 30.1. The average Bonchev–Trinajstić information content (AvgIpc) is 3.10. The number of hydrogen-bond donors (Lipinski definition) is 0. The maximum atomic E-state index is 6.74. The molecule has 3 aliphatic rings. The van der Waals surface area contributed by atoms with Gasteiger partial charge < -0.3 is 47.4 Å². The van der Waals surface area contributed by atoms with E-state index in [1.165, 1.54) is 0 Å². The molecule has 0 unspecified atom stereocenters. The lowest BCUT2D eigenvalue weighted by molar-refractivity contribution is -0.490. The number of ether oxygens (including phenoxy) is 10. The summed E-state index contributed by atoms with van der Waals surface area (Å²) in [5.41, 5.74) is 3.14. The highest BCUT2D eigenvalue weighted by Gasteiger charge is 2.59. The SMILES string of the molecule is CO[C@H]1O[C@@H]2CO[C@]3(C[C@@H](OCc4ccccc4)[C@H](OCc4ccccc4)[C@@H](COCc4ccccc4)O3)O[C@H]2[C@H](OC)[C@H]1OC. The molecule has 46 heavy (non-hydrogen) atoms. The highest BCUT2D eigenvalue weighted by molar-refractivity contribution is 5.15. The molecule has 10 nitrogen and oxygen atoms in total. The minimum atomic E-state index is -1.46. The molecule has 3 aromatic carbocycles. The molecule has 6 rings (SSSR count). The third-order valence-corrected chi connectivity index (χ3v) is 8.65. The van der Waals surface area contributed by atoms with Gasteiger partial charge in [-0.05, 0) is 16.7 Å². The maximum absolute atomic E-state index is 6.74. The second-order valence-corrected chi connectivity index (χ2v) is 11.7. The molecule has 1 spiro atoms. The highest BCUT2D eigenvalue weighted by Crippen LogP contribution is 2.42. The van der Waals surface area contributed by atoms with E-state index in [1.54, 1.807) is 21.3 Å². The summed E-state index contributed by atoms with van der Waals surface area (Å²) in [4.78, 5) is 0. The fraction of sp³-hybridized carbons (Fsp3) is 0.500. The van der Waals surface area contributed by atoms with Crippen LogP contribution in [0.3, 0.4) is 0 Å². The van der Waals surface area contributed by atoms with Gasteiger partial charge in [-0.3, -0.25) is 0 Å². The molecule has 9 atom stereocenters. The molecule has 0 aromatic heterocycles. The number of hydrogen-bond acceptors (Lipinski definition) is 10. The molecule has 0 saturated carbocycles. The molecule has 3 fully saturated rings. The van der Waals surface area contributed by atoms with Crippen molar-refractivity contribution in [2.24, 2.45) is 0 Å². The summed E-state index contributed by atoms with van der Waals surface area (Å²) in [7, 11) is 4.80. The van der Waals surface area contributed by atoms with Crippen LogP contribution in [-0.4, -0.2) is 89.5 Å². The summed E-state index contributed by atoms with van der Waals surface area (Å²) in [5, 5.41) is 0. The third kappa shape index (κ3) is 7.86. The van der Waals surface area contributed by atoms with E-state index in [9.17, 15) is 0 Å². The van der Waals surface area contributed by atoms with Gasteiger partial charge in [-0.2, -0.15) is 0 Å². The molecule has 0 bridgehead atoms. The molecular weight excluding hydrogens is 592 g/mol. The van der Waals surface area contributed by atoms with Crippen molar-refractivity contribution in [3.63, 3.8) is 0 Å². The van der Waals surface area contributed by atoms with Crippen molar-refractivity contribution in [3.8, 4) is 0 Å². The van der Waals surface area contributed by atoms with Gasteiger partial charge in [0, 0.05) is 21.3 Å². The summed E-state index contributed by atoms with van der Waals surface area (Å²) >= 11 is 0. The molecular formula is C36H44O10. The van der Waals surface area contributed by atoms with Crippen molar-refractivity contribution in [2.75, 3.05) is 34.5 Å². The van der Waals surface area contributed by atoms with E-state index in [2.05, 4.69) is 0 Å². The molecule has 0 aliphatic carbocycles. The first kappa shape index (κ1) is 33.2. The Bertz CT molecular complexity index is 1310. The van der Waals surface area contributed by atoms with Crippen LogP contribution in [0.2, 0.25) is 0 Å². The van der Waals surface area contributed by atoms with Crippen LogP contribution >= 0.6 is 0 Å². The van der Waals surface area contributed by atoms with Crippen LogP contribution in [0.15, 0.2) is 91.0 Å². The predicted octanol–water partition coefficient (Wildman–Crippen LogP) is 4.63. The van der Waals surface area contributed by atoms with E-state index in [-0.39, 0.29) is 19.6 Å². The molecule has 3 saturated heterocycles. The first-order valence-corrected chi connectivity index (χ1v) is 15.8.